The predicted molar refractivity (Wildman–Crippen MR) is 97.6 cm³/mol. The standard InChI is InChI=1S/C20H30O5/c1-4-11-21-16(2)7-8-17(3)22-12-5-6-13-23-18-9-10-19-20(14-18)25-15-24-19/h4,9-10,14,16-17H,1,5-8,11-13,15H2,2-3H3. The van der Waals surface area contributed by atoms with Crippen LogP contribution in [-0.4, -0.2) is 38.8 Å². The van der Waals surface area contributed by atoms with Gasteiger partial charge in [0.15, 0.2) is 11.5 Å². The molecule has 1 aromatic carbocycles. The van der Waals surface area contributed by atoms with E-state index in [4.69, 9.17) is 23.7 Å². The van der Waals surface area contributed by atoms with Crippen LogP contribution in [0.2, 0.25) is 0 Å². The summed E-state index contributed by atoms with van der Waals surface area (Å²) in [5, 5.41) is 0. The van der Waals surface area contributed by atoms with Gasteiger partial charge in [0.25, 0.3) is 0 Å². The van der Waals surface area contributed by atoms with Crippen LogP contribution < -0.4 is 14.2 Å². The Balaban J connectivity index is 1.48. The van der Waals surface area contributed by atoms with E-state index >= 15 is 0 Å². The van der Waals surface area contributed by atoms with E-state index < -0.39 is 0 Å². The minimum absolute atomic E-state index is 0.249. The number of hydrogen-bond donors (Lipinski definition) is 0. The van der Waals surface area contributed by atoms with Crippen LogP contribution in [0.25, 0.3) is 0 Å². The maximum atomic E-state index is 5.84. The van der Waals surface area contributed by atoms with Gasteiger partial charge in [-0.05, 0) is 51.7 Å². The second-order valence-electron chi connectivity index (χ2n) is 6.26. The Labute approximate surface area is 150 Å². The van der Waals surface area contributed by atoms with Crippen molar-refractivity contribution in [1.29, 1.82) is 0 Å². The third kappa shape index (κ3) is 7.36. The van der Waals surface area contributed by atoms with Crippen LogP contribution >= 0.6 is 0 Å². The largest absolute Gasteiger partial charge is 0.493 e. The van der Waals surface area contributed by atoms with Gasteiger partial charge in [-0.1, -0.05) is 6.08 Å². The maximum Gasteiger partial charge on any atom is 0.231 e. The molecule has 0 amide bonds. The highest BCUT2D eigenvalue weighted by molar-refractivity contribution is 5.46. The first-order chi connectivity index (χ1) is 12.2. The number of rotatable bonds is 13. The van der Waals surface area contributed by atoms with Gasteiger partial charge in [-0.2, -0.15) is 0 Å². The van der Waals surface area contributed by atoms with Crippen LogP contribution in [0.15, 0.2) is 30.9 Å². The first-order valence-electron chi connectivity index (χ1n) is 9.05. The first-order valence-corrected chi connectivity index (χ1v) is 9.05. The van der Waals surface area contributed by atoms with E-state index in [-0.39, 0.29) is 19.0 Å². The number of benzene rings is 1. The summed E-state index contributed by atoms with van der Waals surface area (Å²) in [6, 6.07) is 5.65. The third-order valence-corrected chi connectivity index (χ3v) is 4.03. The number of fused-ring (bicyclic) bond motifs is 1. The van der Waals surface area contributed by atoms with Gasteiger partial charge in [0.1, 0.15) is 5.75 Å². The van der Waals surface area contributed by atoms with Crippen LogP contribution in [0.5, 0.6) is 17.2 Å². The smallest absolute Gasteiger partial charge is 0.231 e. The van der Waals surface area contributed by atoms with E-state index in [1.807, 2.05) is 18.2 Å². The molecule has 5 heteroatoms. The molecule has 0 radical (unpaired) electrons. The minimum atomic E-state index is 0.249. The summed E-state index contributed by atoms with van der Waals surface area (Å²) in [6.07, 6.45) is 6.23. The average Bonchev–Trinajstić information content (AvgIpc) is 3.08. The molecular formula is C20H30O5. The molecule has 1 heterocycles. The molecule has 0 saturated heterocycles. The van der Waals surface area contributed by atoms with Crippen molar-refractivity contribution < 1.29 is 23.7 Å². The summed E-state index contributed by atoms with van der Waals surface area (Å²) in [4.78, 5) is 0. The number of unbranched alkanes of at least 4 members (excludes halogenated alkanes) is 1. The normalized spacial score (nSPS) is 15.0. The Hall–Kier alpha value is -1.72. The molecule has 0 bridgehead atoms. The van der Waals surface area contributed by atoms with E-state index in [1.54, 1.807) is 6.08 Å². The Morgan fingerprint density at radius 2 is 1.76 bits per heavy atom. The van der Waals surface area contributed by atoms with Crippen molar-refractivity contribution >= 4 is 0 Å². The zero-order valence-electron chi connectivity index (χ0n) is 15.4. The summed E-state index contributed by atoms with van der Waals surface area (Å²) >= 11 is 0. The lowest BCUT2D eigenvalue weighted by atomic mass is 10.1. The van der Waals surface area contributed by atoms with Gasteiger partial charge in [-0.3, -0.25) is 0 Å². The molecule has 0 N–H and O–H groups in total. The summed E-state index contributed by atoms with van der Waals surface area (Å²) < 4.78 is 27.8. The Morgan fingerprint density at radius 3 is 2.56 bits per heavy atom. The molecule has 0 aliphatic carbocycles. The molecule has 2 rings (SSSR count). The highest BCUT2D eigenvalue weighted by Crippen LogP contribution is 2.35. The third-order valence-electron chi connectivity index (χ3n) is 4.03. The van der Waals surface area contributed by atoms with Gasteiger partial charge in [0, 0.05) is 12.7 Å². The zero-order valence-corrected chi connectivity index (χ0v) is 15.4. The topological polar surface area (TPSA) is 46.2 Å². The van der Waals surface area contributed by atoms with Gasteiger partial charge in [-0.25, -0.2) is 0 Å². The van der Waals surface area contributed by atoms with Crippen molar-refractivity contribution in [3.63, 3.8) is 0 Å². The lowest BCUT2D eigenvalue weighted by molar-refractivity contribution is 0.0309. The molecule has 140 valence electrons. The fourth-order valence-electron chi connectivity index (χ4n) is 2.51. The second kappa shape index (κ2) is 11.0. The summed E-state index contributed by atoms with van der Waals surface area (Å²) in [5.74, 6) is 2.34. The Morgan fingerprint density at radius 1 is 1.04 bits per heavy atom. The van der Waals surface area contributed by atoms with Gasteiger partial charge >= 0.3 is 0 Å². The highest BCUT2D eigenvalue weighted by Gasteiger charge is 2.13. The van der Waals surface area contributed by atoms with E-state index in [0.717, 1.165) is 49.5 Å². The molecule has 1 aromatic rings. The molecule has 5 nitrogen and oxygen atoms in total. The number of hydrogen-bond acceptors (Lipinski definition) is 5. The fraction of sp³-hybridized carbons (Fsp3) is 0.600. The Bertz CT molecular complexity index is 517. The fourth-order valence-corrected chi connectivity index (χ4v) is 2.51. The predicted octanol–water partition coefficient (Wildman–Crippen LogP) is 4.35. The maximum absolute atomic E-state index is 5.84. The van der Waals surface area contributed by atoms with Crippen molar-refractivity contribution in [3.05, 3.63) is 30.9 Å². The van der Waals surface area contributed by atoms with Crippen LogP contribution in [0.1, 0.15) is 39.5 Å². The van der Waals surface area contributed by atoms with Gasteiger partial charge in [0.05, 0.1) is 25.4 Å². The van der Waals surface area contributed by atoms with E-state index in [0.29, 0.717) is 13.2 Å². The molecule has 0 spiro atoms. The van der Waals surface area contributed by atoms with Crippen molar-refractivity contribution in [1.82, 2.24) is 0 Å². The van der Waals surface area contributed by atoms with E-state index in [2.05, 4.69) is 20.4 Å². The van der Waals surface area contributed by atoms with Crippen molar-refractivity contribution in [2.24, 2.45) is 0 Å². The molecule has 0 fully saturated rings. The highest BCUT2D eigenvalue weighted by atomic mass is 16.7. The van der Waals surface area contributed by atoms with Gasteiger partial charge in [0.2, 0.25) is 6.79 Å². The molecule has 25 heavy (non-hydrogen) atoms. The Kier molecular flexibility index (Phi) is 8.63. The summed E-state index contributed by atoms with van der Waals surface area (Å²) in [7, 11) is 0. The first kappa shape index (κ1) is 19.6. The average molecular weight is 350 g/mol. The molecule has 1 aliphatic rings. The molecule has 1 aliphatic heterocycles. The molecule has 2 atom stereocenters. The van der Waals surface area contributed by atoms with E-state index in [1.165, 1.54) is 0 Å². The van der Waals surface area contributed by atoms with Gasteiger partial charge in [-0.15, -0.1) is 6.58 Å². The SMILES string of the molecule is C=CCOC(C)CCC(C)OCCCCOc1ccc2c(c1)OCO2. The zero-order chi connectivity index (χ0) is 17.9. The van der Waals surface area contributed by atoms with Gasteiger partial charge < -0.3 is 23.7 Å². The monoisotopic (exact) mass is 350 g/mol. The second-order valence-corrected chi connectivity index (χ2v) is 6.26. The lowest BCUT2D eigenvalue weighted by Gasteiger charge is -2.16. The van der Waals surface area contributed by atoms with Crippen LogP contribution in [0.4, 0.5) is 0 Å². The minimum Gasteiger partial charge on any atom is -0.493 e. The van der Waals surface area contributed by atoms with Crippen LogP contribution in [0, 0.1) is 0 Å². The van der Waals surface area contributed by atoms with Crippen molar-refractivity contribution in [2.75, 3.05) is 26.6 Å². The molecular weight excluding hydrogens is 320 g/mol. The molecule has 0 saturated carbocycles. The van der Waals surface area contributed by atoms with E-state index in [9.17, 15) is 0 Å². The lowest BCUT2D eigenvalue weighted by Crippen LogP contribution is -2.15. The van der Waals surface area contributed by atoms with Crippen molar-refractivity contribution in [2.45, 2.75) is 51.7 Å². The van der Waals surface area contributed by atoms with Crippen LogP contribution in [0.3, 0.4) is 0 Å². The summed E-state index contributed by atoms with van der Waals surface area (Å²) in [5.41, 5.74) is 0. The number of ether oxygens (including phenoxy) is 5. The quantitative estimate of drug-likeness (QED) is 0.391. The molecule has 0 aromatic heterocycles. The van der Waals surface area contributed by atoms with Crippen LogP contribution in [-0.2, 0) is 9.47 Å². The summed E-state index contributed by atoms with van der Waals surface area (Å²) in [6.45, 7) is 10.2. The molecule has 2 unspecified atom stereocenters. The van der Waals surface area contributed by atoms with Crippen molar-refractivity contribution in [3.8, 4) is 17.2 Å².